The molecule has 1 N–H and O–H groups in total. The molecular formula is C40H27NO. The van der Waals surface area contributed by atoms with Crippen molar-refractivity contribution >= 4 is 32.6 Å². The number of benzene rings is 7. The summed E-state index contributed by atoms with van der Waals surface area (Å²) in [7, 11) is 0. The minimum absolute atomic E-state index is 0.291. The number of hydrogen-bond acceptors (Lipinski definition) is 1. The van der Waals surface area contributed by atoms with Crippen molar-refractivity contribution in [3.8, 4) is 44.8 Å². The largest absolute Gasteiger partial charge is 0.507 e. The van der Waals surface area contributed by atoms with Crippen molar-refractivity contribution in [3.63, 3.8) is 0 Å². The molecule has 8 aromatic rings. The van der Waals surface area contributed by atoms with Gasteiger partial charge in [-0.3, -0.25) is 0 Å². The second-order valence-corrected chi connectivity index (χ2v) is 10.8. The summed E-state index contributed by atoms with van der Waals surface area (Å²) >= 11 is 0. The van der Waals surface area contributed by atoms with E-state index in [-0.39, 0.29) is 0 Å². The van der Waals surface area contributed by atoms with E-state index in [1.165, 1.54) is 49.4 Å². The molecule has 0 bridgehead atoms. The van der Waals surface area contributed by atoms with Gasteiger partial charge in [0.1, 0.15) is 5.75 Å². The van der Waals surface area contributed by atoms with Gasteiger partial charge in [0.2, 0.25) is 0 Å². The van der Waals surface area contributed by atoms with Gasteiger partial charge in [-0.2, -0.15) is 0 Å². The van der Waals surface area contributed by atoms with Crippen LogP contribution < -0.4 is 0 Å². The first-order valence-electron chi connectivity index (χ1n) is 14.3. The molecule has 2 nitrogen and oxygen atoms in total. The number of fused-ring (bicyclic) bond motifs is 4. The molecule has 0 aliphatic carbocycles. The van der Waals surface area contributed by atoms with E-state index in [2.05, 4.69) is 132 Å². The molecule has 0 fully saturated rings. The van der Waals surface area contributed by atoms with Gasteiger partial charge in [0, 0.05) is 21.7 Å². The van der Waals surface area contributed by atoms with Crippen molar-refractivity contribution in [2.75, 3.05) is 0 Å². The van der Waals surface area contributed by atoms with Gasteiger partial charge in [0.15, 0.2) is 0 Å². The van der Waals surface area contributed by atoms with E-state index in [0.29, 0.717) is 5.75 Å². The Labute approximate surface area is 244 Å². The summed E-state index contributed by atoms with van der Waals surface area (Å²) in [5.41, 5.74) is 10.0. The fourth-order valence-electron chi connectivity index (χ4n) is 6.28. The zero-order valence-corrected chi connectivity index (χ0v) is 22.9. The third kappa shape index (κ3) is 3.96. The second-order valence-electron chi connectivity index (χ2n) is 10.8. The lowest BCUT2D eigenvalue weighted by Gasteiger charge is -2.12. The molecule has 1 heterocycles. The van der Waals surface area contributed by atoms with Crippen molar-refractivity contribution in [1.29, 1.82) is 0 Å². The molecule has 0 saturated heterocycles. The molecule has 0 saturated carbocycles. The van der Waals surface area contributed by atoms with Gasteiger partial charge < -0.3 is 9.67 Å². The van der Waals surface area contributed by atoms with Crippen LogP contribution in [0.25, 0.3) is 71.6 Å². The van der Waals surface area contributed by atoms with Crippen LogP contribution in [-0.4, -0.2) is 9.67 Å². The van der Waals surface area contributed by atoms with E-state index in [0.717, 1.165) is 22.3 Å². The molecule has 8 rings (SSSR count). The van der Waals surface area contributed by atoms with Crippen LogP contribution in [0.3, 0.4) is 0 Å². The Kier molecular flexibility index (Phi) is 5.65. The number of aromatic nitrogens is 1. The Hall–Kier alpha value is -5.60. The Morgan fingerprint density at radius 2 is 0.952 bits per heavy atom. The predicted octanol–water partition coefficient (Wildman–Crippen LogP) is 10.6. The number of phenols is 1. The van der Waals surface area contributed by atoms with E-state index in [9.17, 15) is 5.11 Å². The monoisotopic (exact) mass is 537 g/mol. The average molecular weight is 538 g/mol. The average Bonchev–Trinajstić information content (AvgIpc) is 3.38. The lowest BCUT2D eigenvalue weighted by Crippen LogP contribution is -1.95. The normalized spacial score (nSPS) is 11.4. The van der Waals surface area contributed by atoms with Gasteiger partial charge in [0.05, 0.1) is 16.7 Å². The van der Waals surface area contributed by atoms with Crippen molar-refractivity contribution in [3.05, 3.63) is 158 Å². The quantitative estimate of drug-likeness (QED) is 0.237. The molecule has 198 valence electrons. The molecule has 1 aromatic heterocycles. The van der Waals surface area contributed by atoms with E-state index >= 15 is 0 Å². The molecule has 7 aromatic carbocycles. The van der Waals surface area contributed by atoms with Gasteiger partial charge in [-0.25, -0.2) is 0 Å². The smallest absolute Gasteiger partial charge is 0.123 e. The Balaban J connectivity index is 1.26. The molecule has 0 aliphatic heterocycles. The van der Waals surface area contributed by atoms with E-state index < -0.39 is 0 Å². The third-order valence-electron chi connectivity index (χ3n) is 8.29. The van der Waals surface area contributed by atoms with Gasteiger partial charge in [0.25, 0.3) is 0 Å². The molecule has 2 heteroatoms. The molecule has 0 aliphatic rings. The van der Waals surface area contributed by atoms with Crippen molar-refractivity contribution in [2.24, 2.45) is 0 Å². The summed E-state index contributed by atoms with van der Waals surface area (Å²) in [6, 6.07) is 55.2. The minimum atomic E-state index is 0.291. The highest BCUT2D eigenvalue weighted by atomic mass is 16.3. The minimum Gasteiger partial charge on any atom is -0.507 e. The summed E-state index contributed by atoms with van der Waals surface area (Å²) in [5.74, 6) is 0.291. The first kappa shape index (κ1) is 24.2. The van der Waals surface area contributed by atoms with Crippen molar-refractivity contribution < 1.29 is 5.11 Å². The maximum Gasteiger partial charge on any atom is 0.123 e. The maximum atomic E-state index is 10.4. The fourth-order valence-corrected chi connectivity index (χ4v) is 6.28. The summed E-state index contributed by atoms with van der Waals surface area (Å²) in [6.07, 6.45) is 0. The topological polar surface area (TPSA) is 25.2 Å². The predicted molar refractivity (Wildman–Crippen MR) is 176 cm³/mol. The van der Waals surface area contributed by atoms with Crippen LogP contribution in [0.2, 0.25) is 0 Å². The zero-order valence-electron chi connectivity index (χ0n) is 22.9. The highest BCUT2D eigenvalue weighted by Crippen LogP contribution is 2.38. The maximum absolute atomic E-state index is 10.4. The van der Waals surface area contributed by atoms with E-state index in [1.807, 2.05) is 24.3 Å². The Morgan fingerprint density at radius 3 is 1.76 bits per heavy atom. The molecule has 0 radical (unpaired) electrons. The van der Waals surface area contributed by atoms with Crippen LogP contribution in [-0.2, 0) is 0 Å². The second kappa shape index (κ2) is 9.79. The van der Waals surface area contributed by atoms with Crippen LogP contribution in [0.4, 0.5) is 0 Å². The third-order valence-corrected chi connectivity index (χ3v) is 8.29. The van der Waals surface area contributed by atoms with Gasteiger partial charge in [-0.15, -0.1) is 0 Å². The number of rotatable bonds is 4. The lowest BCUT2D eigenvalue weighted by atomic mass is 9.95. The highest BCUT2D eigenvalue weighted by Gasteiger charge is 2.15. The van der Waals surface area contributed by atoms with Gasteiger partial charge in [-0.1, -0.05) is 115 Å². The molecule has 0 amide bonds. The van der Waals surface area contributed by atoms with Gasteiger partial charge in [-0.05, 0) is 75.7 Å². The molecule has 42 heavy (non-hydrogen) atoms. The first-order valence-corrected chi connectivity index (χ1v) is 14.3. The summed E-state index contributed by atoms with van der Waals surface area (Å²) in [5, 5.41) is 15.4. The van der Waals surface area contributed by atoms with Crippen LogP contribution in [0.15, 0.2) is 158 Å². The Morgan fingerprint density at radius 1 is 0.381 bits per heavy atom. The van der Waals surface area contributed by atoms with E-state index in [4.69, 9.17) is 0 Å². The number of aromatic hydroxyl groups is 1. The number of phenolic OH excluding ortho intramolecular Hbond substituents is 1. The molecule has 0 spiro atoms. The van der Waals surface area contributed by atoms with Crippen molar-refractivity contribution in [1.82, 2.24) is 4.57 Å². The SMILES string of the molecule is Oc1ccccc1-c1cccc(-c2cccc(-c3ccc4c(c3)c3ccccc3n4-c3cccc4ccccc34)c2)c1. The molecular weight excluding hydrogens is 510 g/mol. The van der Waals surface area contributed by atoms with Crippen LogP contribution in [0.5, 0.6) is 5.75 Å². The number of para-hydroxylation sites is 2. The van der Waals surface area contributed by atoms with Crippen molar-refractivity contribution in [2.45, 2.75) is 0 Å². The lowest BCUT2D eigenvalue weighted by molar-refractivity contribution is 0.477. The highest BCUT2D eigenvalue weighted by molar-refractivity contribution is 6.11. The Bertz CT molecular complexity index is 2270. The van der Waals surface area contributed by atoms with Gasteiger partial charge >= 0.3 is 0 Å². The summed E-state index contributed by atoms with van der Waals surface area (Å²) in [6.45, 7) is 0. The summed E-state index contributed by atoms with van der Waals surface area (Å²) in [4.78, 5) is 0. The molecule has 0 atom stereocenters. The van der Waals surface area contributed by atoms with Crippen LogP contribution in [0.1, 0.15) is 0 Å². The number of hydrogen-bond donors (Lipinski definition) is 1. The van der Waals surface area contributed by atoms with Crippen LogP contribution in [0, 0.1) is 0 Å². The standard InChI is InChI=1S/C40H27NO/c42-40-21-6-4-17-34(40)32-15-8-14-30(25-32)28-12-7-13-29(24-28)31-22-23-39-36(26-31)35-18-3-5-19-38(35)41(39)37-20-9-11-27-10-1-2-16-33(27)37/h1-26,42H. The van der Waals surface area contributed by atoms with E-state index in [1.54, 1.807) is 6.07 Å². The first-order chi connectivity index (χ1) is 20.7. The fraction of sp³-hybridized carbons (Fsp3) is 0. The van der Waals surface area contributed by atoms with Crippen LogP contribution >= 0.6 is 0 Å². The number of nitrogens with zero attached hydrogens (tertiary/aromatic N) is 1. The zero-order chi connectivity index (χ0) is 28.0. The molecule has 0 unspecified atom stereocenters. The summed E-state index contributed by atoms with van der Waals surface area (Å²) < 4.78 is 2.40.